The van der Waals surface area contributed by atoms with Crippen LogP contribution >= 0.6 is 0 Å². The van der Waals surface area contributed by atoms with Gasteiger partial charge in [-0.25, -0.2) is 14.0 Å². The van der Waals surface area contributed by atoms with Crippen LogP contribution in [0, 0.1) is 5.82 Å². The Balaban J connectivity index is 1.65. The highest BCUT2D eigenvalue weighted by atomic mass is 19.1. The SMILES string of the molecule is CC(C)(C)OC(=O)N[C@H]1CCN(c2ccc(N3C(=O)OCC3CO)cc2F)C1. The number of alkyl carbamates (subject to hydrolysis) is 1. The van der Waals surface area contributed by atoms with E-state index < -0.39 is 29.6 Å². The van der Waals surface area contributed by atoms with E-state index >= 15 is 0 Å². The first-order valence-electron chi connectivity index (χ1n) is 9.29. The third-order valence-electron chi connectivity index (χ3n) is 4.63. The average molecular weight is 395 g/mol. The number of carbonyl (C=O) groups is 2. The molecule has 1 aromatic carbocycles. The van der Waals surface area contributed by atoms with Crippen LogP contribution in [0.5, 0.6) is 0 Å². The summed E-state index contributed by atoms with van der Waals surface area (Å²) >= 11 is 0. The summed E-state index contributed by atoms with van der Waals surface area (Å²) in [5.74, 6) is -0.480. The molecule has 28 heavy (non-hydrogen) atoms. The molecule has 0 spiro atoms. The Labute approximate surface area is 163 Å². The molecule has 8 nitrogen and oxygen atoms in total. The molecule has 2 saturated heterocycles. The molecule has 2 fully saturated rings. The second kappa shape index (κ2) is 7.83. The van der Waals surface area contributed by atoms with Crippen LogP contribution in [0.4, 0.5) is 25.4 Å². The van der Waals surface area contributed by atoms with E-state index in [1.54, 1.807) is 32.9 Å². The lowest BCUT2D eigenvalue weighted by Crippen LogP contribution is -2.40. The van der Waals surface area contributed by atoms with Gasteiger partial charge in [0.2, 0.25) is 0 Å². The van der Waals surface area contributed by atoms with Crippen LogP contribution in [0.3, 0.4) is 0 Å². The van der Waals surface area contributed by atoms with Crippen LogP contribution in [0.25, 0.3) is 0 Å². The molecule has 0 saturated carbocycles. The average Bonchev–Trinajstić information content (AvgIpc) is 3.19. The van der Waals surface area contributed by atoms with E-state index in [2.05, 4.69) is 5.32 Å². The predicted molar refractivity (Wildman–Crippen MR) is 101 cm³/mol. The maximum Gasteiger partial charge on any atom is 0.414 e. The molecule has 154 valence electrons. The summed E-state index contributed by atoms with van der Waals surface area (Å²) in [4.78, 5) is 26.9. The van der Waals surface area contributed by atoms with Gasteiger partial charge in [0.1, 0.15) is 18.0 Å². The summed E-state index contributed by atoms with van der Waals surface area (Å²) in [7, 11) is 0. The van der Waals surface area contributed by atoms with Crippen LogP contribution in [0.2, 0.25) is 0 Å². The third-order valence-corrected chi connectivity index (χ3v) is 4.63. The van der Waals surface area contributed by atoms with Gasteiger partial charge in [-0.15, -0.1) is 0 Å². The number of halogens is 1. The van der Waals surface area contributed by atoms with Crippen LogP contribution in [0.15, 0.2) is 18.2 Å². The molecule has 2 atom stereocenters. The van der Waals surface area contributed by atoms with Gasteiger partial charge in [0.25, 0.3) is 0 Å². The van der Waals surface area contributed by atoms with Crippen LogP contribution in [-0.4, -0.2) is 61.3 Å². The van der Waals surface area contributed by atoms with E-state index in [1.807, 2.05) is 4.90 Å². The van der Waals surface area contributed by atoms with Crippen molar-refractivity contribution in [3.63, 3.8) is 0 Å². The zero-order chi connectivity index (χ0) is 20.5. The number of rotatable bonds is 4. The monoisotopic (exact) mass is 395 g/mol. The van der Waals surface area contributed by atoms with E-state index in [4.69, 9.17) is 9.47 Å². The Bertz CT molecular complexity index is 752. The first kappa shape index (κ1) is 20.2. The zero-order valence-corrected chi connectivity index (χ0v) is 16.3. The Kier molecular flexibility index (Phi) is 5.64. The fraction of sp³-hybridized carbons (Fsp3) is 0.579. The largest absolute Gasteiger partial charge is 0.447 e. The number of nitrogens with zero attached hydrogens (tertiary/aromatic N) is 2. The minimum absolute atomic E-state index is 0.0723. The van der Waals surface area contributed by atoms with Crippen molar-refractivity contribution in [1.82, 2.24) is 5.32 Å². The predicted octanol–water partition coefficient (Wildman–Crippen LogP) is 2.25. The lowest BCUT2D eigenvalue weighted by Gasteiger charge is -2.24. The summed E-state index contributed by atoms with van der Waals surface area (Å²) in [6, 6.07) is 3.83. The first-order valence-corrected chi connectivity index (χ1v) is 9.29. The molecule has 2 aliphatic heterocycles. The highest BCUT2D eigenvalue weighted by molar-refractivity contribution is 5.90. The number of hydrogen-bond acceptors (Lipinski definition) is 6. The van der Waals surface area contributed by atoms with E-state index in [9.17, 15) is 19.1 Å². The van der Waals surface area contributed by atoms with E-state index in [0.29, 0.717) is 30.9 Å². The van der Waals surface area contributed by atoms with Crippen molar-refractivity contribution in [3.05, 3.63) is 24.0 Å². The summed E-state index contributed by atoms with van der Waals surface area (Å²) in [5, 5.41) is 12.2. The maximum atomic E-state index is 14.7. The van der Waals surface area contributed by atoms with Gasteiger partial charge in [-0.2, -0.15) is 0 Å². The van der Waals surface area contributed by atoms with Gasteiger partial charge in [0, 0.05) is 13.1 Å². The Hall–Kier alpha value is -2.55. The van der Waals surface area contributed by atoms with E-state index in [0.717, 1.165) is 0 Å². The lowest BCUT2D eigenvalue weighted by atomic mass is 10.2. The van der Waals surface area contributed by atoms with Crippen molar-refractivity contribution in [2.24, 2.45) is 0 Å². The van der Waals surface area contributed by atoms with Crippen molar-refractivity contribution in [2.75, 3.05) is 36.1 Å². The Morgan fingerprint density at radius 2 is 2.18 bits per heavy atom. The second-order valence-corrected chi connectivity index (χ2v) is 8.00. The van der Waals surface area contributed by atoms with Crippen molar-refractivity contribution >= 4 is 23.6 Å². The number of amides is 2. The molecule has 2 aliphatic rings. The zero-order valence-electron chi connectivity index (χ0n) is 16.3. The standard InChI is InChI=1S/C19H26FN3O5/c1-19(2,3)28-17(25)21-12-6-7-22(9-12)16-5-4-13(8-15(16)20)23-14(10-24)11-27-18(23)26/h4-5,8,12,14,24H,6-7,9-11H2,1-3H3,(H,21,25)/t12-,14?/m0/s1. The molecule has 0 radical (unpaired) electrons. The van der Waals surface area contributed by atoms with Gasteiger partial charge in [-0.1, -0.05) is 0 Å². The summed E-state index contributed by atoms with van der Waals surface area (Å²) < 4.78 is 24.9. The van der Waals surface area contributed by atoms with Crippen molar-refractivity contribution in [2.45, 2.75) is 44.9 Å². The molecule has 9 heteroatoms. The molecule has 3 rings (SSSR count). The van der Waals surface area contributed by atoms with Gasteiger partial charge >= 0.3 is 12.2 Å². The molecule has 0 aliphatic carbocycles. The number of nitrogens with one attached hydrogen (secondary N) is 1. The topological polar surface area (TPSA) is 91.3 Å². The summed E-state index contributed by atoms with van der Waals surface area (Å²) in [6.45, 7) is 6.23. The number of aliphatic hydroxyl groups is 1. The van der Waals surface area contributed by atoms with Crippen molar-refractivity contribution in [1.29, 1.82) is 0 Å². The fourth-order valence-electron chi connectivity index (χ4n) is 3.38. The number of anilines is 2. The molecule has 2 heterocycles. The summed E-state index contributed by atoms with van der Waals surface area (Å²) in [6.07, 6.45) is -0.419. The highest BCUT2D eigenvalue weighted by Crippen LogP contribution is 2.30. The number of carbonyl (C=O) groups excluding carboxylic acids is 2. The van der Waals surface area contributed by atoms with E-state index in [1.165, 1.54) is 11.0 Å². The first-order chi connectivity index (χ1) is 13.2. The van der Waals surface area contributed by atoms with Crippen LogP contribution in [-0.2, 0) is 9.47 Å². The lowest BCUT2D eigenvalue weighted by molar-refractivity contribution is 0.0509. The minimum Gasteiger partial charge on any atom is -0.447 e. The quantitative estimate of drug-likeness (QED) is 0.813. The highest BCUT2D eigenvalue weighted by Gasteiger charge is 2.34. The number of aliphatic hydroxyl groups excluding tert-OH is 1. The molecule has 1 unspecified atom stereocenters. The molecule has 0 aromatic heterocycles. The number of hydrogen-bond donors (Lipinski definition) is 2. The van der Waals surface area contributed by atoms with Gasteiger partial charge in [0.15, 0.2) is 0 Å². The number of ether oxygens (including phenoxy) is 2. The number of benzene rings is 1. The Morgan fingerprint density at radius 3 is 2.82 bits per heavy atom. The Morgan fingerprint density at radius 1 is 1.43 bits per heavy atom. The maximum absolute atomic E-state index is 14.7. The summed E-state index contributed by atoms with van der Waals surface area (Å²) in [5.41, 5.74) is 0.156. The van der Waals surface area contributed by atoms with Gasteiger partial charge < -0.3 is 24.8 Å². The molecule has 2 amide bonds. The normalized spacial score (nSPS) is 22.4. The van der Waals surface area contributed by atoms with Crippen molar-refractivity contribution in [3.8, 4) is 0 Å². The van der Waals surface area contributed by atoms with E-state index in [-0.39, 0.29) is 19.3 Å². The molecule has 1 aromatic rings. The smallest absolute Gasteiger partial charge is 0.414 e. The fourth-order valence-corrected chi connectivity index (χ4v) is 3.38. The molecule has 2 N–H and O–H groups in total. The van der Waals surface area contributed by atoms with Crippen molar-refractivity contribution < 1.29 is 28.6 Å². The van der Waals surface area contributed by atoms with Gasteiger partial charge in [0.05, 0.1) is 30.1 Å². The van der Waals surface area contributed by atoms with Crippen LogP contribution in [0.1, 0.15) is 27.2 Å². The van der Waals surface area contributed by atoms with Gasteiger partial charge in [-0.05, 0) is 45.4 Å². The molecular formula is C19H26FN3O5. The second-order valence-electron chi connectivity index (χ2n) is 8.00. The van der Waals surface area contributed by atoms with Gasteiger partial charge in [-0.3, -0.25) is 4.90 Å². The third kappa shape index (κ3) is 4.46. The van der Waals surface area contributed by atoms with Crippen LogP contribution < -0.4 is 15.1 Å². The molecule has 0 bridgehead atoms. The molecular weight excluding hydrogens is 369 g/mol. The minimum atomic E-state index is -0.603. The number of cyclic esters (lactones) is 1.